The van der Waals surface area contributed by atoms with Crippen molar-refractivity contribution in [1.82, 2.24) is 10.6 Å². The van der Waals surface area contributed by atoms with Gasteiger partial charge in [-0.3, -0.25) is 4.99 Å². The molecule has 0 amide bonds. The van der Waals surface area contributed by atoms with Crippen LogP contribution in [-0.2, 0) is 6.42 Å². The van der Waals surface area contributed by atoms with Crippen LogP contribution in [0.4, 0.5) is 4.39 Å². The molecule has 1 rings (SSSR count). The molecule has 22 heavy (non-hydrogen) atoms. The lowest BCUT2D eigenvalue weighted by Crippen LogP contribution is -2.38. The minimum atomic E-state index is -0.188. The molecule has 0 heterocycles. The first kappa shape index (κ1) is 21.5. The zero-order chi connectivity index (χ0) is 15.3. The third kappa shape index (κ3) is 10.3. The second-order valence-electron chi connectivity index (χ2n) is 4.76. The normalized spacial score (nSPS) is 11.0. The monoisotopic (exact) mass is 439 g/mol. The van der Waals surface area contributed by atoms with Crippen LogP contribution in [0.2, 0.25) is 0 Å². The van der Waals surface area contributed by atoms with Crippen LogP contribution in [-0.4, -0.2) is 37.6 Å². The summed E-state index contributed by atoms with van der Waals surface area (Å²) in [7, 11) is 0. The molecule has 0 fully saturated rings. The van der Waals surface area contributed by atoms with Crippen molar-refractivity contribution in [3.63, 3.8) is 0 Å². The molecule has 0 radical (unpaired) electrons. The third-order valence-corrected chi connectivity index (χ3v) is 3.69. The lowest BCUT2D eigenvalue weighted by molar-refractivity contribution is 0.626. The number of aliphatic imine (C=N–C) groups is 1. The van der Waals surface area contributed by atoms with Gasteiger partial charge in [0.2, 0.25) is 0 Å². The highest BCUT2D eigenvalue weighted by atomic mass is 127. The fourth-order valence-corrected chi connectivity index (χ4v) is 2.36. The van der Waals surface area contributed by atoms with Crippen LogP contribution >= 0.6 is 35.7 Å². The summed E-state index contributed by atoms with van der Waals surface area (Å²) in [5.74, 6) is 1.87. The summed E-state index contributed by atoms with van der Waals surface area (Å²) in [6.07, 6.45) is 5.32. The van der Waals surface area contributed by atoms with E-state index in [-0.39, 0.29) is 29.8 Å². The summed E-state index contributed by atoms with van der Waals surface area (Å²) in [5, 5.41) is 6.56. The van der Waals surface area contributed by atoms with Crippen molar-refractivity contribution >= 4 is 41.7 Å². The minimum absolute atomic E-state index is 0. The number of rotatable bonds is 9. The topological polar surface area (TPSA) is 36.4 Å². The molecule has 1 aromatic carbocycles. The van der Waals surface area contributed by atoms with E-state index in [2.05, 4.69) is 28.8 Å². The number of nitrogens with zero attached hydrogens (tertiary/aromatic N) is 1. The molecule has 0 unspecified atom stereocenters. The van der Waals surface area contributed by atoms with Gasteiger partial charge in [0.15, 0.2) is 5.96 Å². The zero-order valence-corrected chi connectivity index (χ0v) is 16.5. The van der Waals surface area contributed by atoms with Gasteiger partial charge >= 0.3 is 0 Å². The fraction of sp³-hybridized carbons (Fsp3) is 0.562. The van der Waals surface area contributed by atoms with E-state index < -0.39 is 0 Å². The lowest BCUT2D eigenvalue weighted by atomic mass is 10.1. The van der Waals surface area contributed by atoms with Gasteiger partial charge in [0.05, 0.1) is 0 Å². The van der Waals surface area contributed by atoms with E-state index in [1.807, 2.05) is 23.9 Å². The van der Waals surface area contributed by atoms with E-state index in [0.29, 0.717) is 0 Å². The van der Waals surface area contributed by atoms with E-state index in [4.69, 9.17) is 0 Å². The van der Waals surface area contributed by atoms with Gasteiger partial charge in [0.25, 0.3) is 0 Å². The fourth-order valence-electron chi connectivity index (χ4n) is 1.87. The van der Waals surface area contributed by atoms with Crippen molar-refractivity contribution in [2.45, 2.75) is 26.2 Å². The third-order valence-electron chi connectivity index (χ3n) is 2.99. The van der Waals surface area contributed by atoms with Gasteiger partial charge in [0.1, 0.15) is 5.82 Å². The van der Waals surface area contributed by atoms with Crippen LogP contribution in [0.3, 0.4) is 0 Å². The molecule has 126 valence electrons. The molecular formula is C16H27FIN3S. The van der Waals surface area contributed by atoms with Gasteiger partial charge in [-0.2, -0.15) is 11.8 Å². The van der Waals surface area contributed by atoms with Crippen LogP contribution < -0.4 is 10.6 Å². The number of hydrogen-bond acceptors (Lipinski definition) is 2. The highest BCUT2D eigenvalue weighted by molar-refractivity contribution is 14.0. The predicted molar refractivity (Wildman–Crippen MR) is 107 cm³/mol. The average molecular weight is 439 g/mol. The zero-order valence-electron chi connectivity index (χ0n) is 13.4. The number of unbranched alkanes of at least 4 members (excludes halogenated alkanes) is 1. The van der Waals surface area contributed by atoms with Crippen LogP contribution in [0.15, 0.2) is 29.3 Å². The van der Waals surface area contributed by atoms with Gasteiger partial charge in [-0.15, -0.1) is 24.0 Å². The molecule has 1 aromatic rings. The summed E-state index contributed by atoms with van der Waals surface area (Å²) in [6.45, 7) is 4.56. The van der Waals surface area contributed by atoms with Crippen molar-refractivity contribution < 1.29 is 4.39 Å². The Morgan fingerprint density at radius 2 is 1.91 bits per heavy atom. The maximum atomic E-state index is 12.8. The van der Waals surface area contributed by atoms with Crippen molar-refractivity contribution in [2.24, 2.45) is 4.99 Å². The number of nitrogens with one attached hydrogen (secondary N) is 2. The molecule has 2 N–H and O–H groups in total. The Labute approximate surface area is 155 Å². The average Bonchev–Trinajstić information content (AvgIpc) is 2.49. The van der Waals surface area contributed by atoms with Crippen molar-refractivity contribution in [1.29, 1.82) is 0 Å². The molecule has 6 heteroatoms. The highest BCUT2D eigenvalue weighted by Crippen LogP contribution is 2.02. The van der Waals surface area contributed by atoms with Gasteiger partial charge in [0, 0.05) is 19.6 Å². The van der Waals surface area contributed by atoms with Crippen LogP contribution in [0.25, 0.3) is 0 Å². The number of thioether (sulfide) groups is 1. The Morgan fingerprint density at radius 1 is 1.18 bits per heavy atom. The van der Waals surface area contributed by atoms with Crippen LogP contribution in [0.1, 0.15) is 25.3 Å². The van der Waals surface area contributed by atoms with Crippen LogP contribution in [0, 0.1) is 5.82 Å². The second kappa shape index (κ2) is 14.1. The summed E-state index contributed by atoms with van der Waals surface area (Å²) in [5.41, 5.74) is 1.12. The molecule has 0 aliphatic rings. The number of guanidine groups is 1. The summed E-state index contributed by atoms with van der Waals surface area (Å²) >= 11 is 1.88. The van der Waals surface area contributed by atoms with E-state index in [1.54, 1.807) is 0 Å². The SMILES string of the molecule is CCNC(=NCCCCSC)NCCc1ccc(F)cc1.I. The lowest BCUT2D eigenvalue weighted by Gasteiger charge is -2.11. The first-order chi connectivity index (χ1) is 10.3. The molecule has 0 saturated heterocycles. The molecule has 3 nitrogen and oxygen atoms in total. The molecule has 0 bridgehead atoms. The van der Waals surface area contributed by atoms with Crippen LogP contribution in [0.5, 0.6) is 0 Å². The number of halogens is 2. The van der Waals surface area contributed by atoms with Crippen molar-refractivity contribution in [2.75, 3.05) is 31.6 Å². The highest BCUT2D eigenvalue weighted by Gasteiger charge is 1.98. The van der Waals surface area contributed by atoms with E-state index >= 15 is 0 Å². The van der Waals surface area contributed by atoms with E-state index in [0.717, 1.165) is 44.0 Å². The Kier molecular flexibility index (Phi) is 13.8. The second-order valence-corrected chi connectivity index (χ2v) is 5.75. The Bertz CT molecular complexity index is 412. The van der Waals surface area contributed by atoms with E-state index in [1.165, 1.54) is 24.3 Å². The smallest absolute Gasteiger partial charge is 0.191 e. The summed E-state index contributed by atoms with van der Waals surface area (Å²) < 4.78 is 12.8. The maximum Gasteiger partial charge on any atom is 0.191 e. The Balaban J connectivity index is 0.00000441. The molecule has 0 spiro atoms. The summed E-state index contributed by atoms with van der Waals surface area (Å²) in [6, 6.07) is 6.65. The largest absolute Gasteiger partial charge is 0.357 e. The Morgan fingerprint density at radius 3 is 2.55 bits per heavy atom. The first-order valence-corrected chi connectivity index (χ1v) is 8.91. The van der Waals surface area contributed by atoms with Crippen molar-refractivity contribution in [3.8, 4) is 0 Å². The molecule has 0 aliphatic heterocycles. The molecule has 0 saturated carbocycles. The van der Waals surface area contributed by atoms with Crippen molar-refractivity contribution in [3.05, 3.63) is 35.6 Å². The Hall–Kier alpha value is -0.500. The standard InChI is InChI=1S/C16H26FN3S.HI/c1-3-18-16(19-11-4-5-13-21-2)20-12-10-14-6-8-15(17)9-7-14;/h6-9H,3-5,10-13H2,1-2H3,(H2,18,19,20);1H. The number of benzene rings is 1. The summed E-state index contributed by atoms with van der Waals surface area (Å²) in [4.78, 5) is 4.56. The first-order valence-electron chi connectivity index (χ1n) is 7.51. The minimum Gasteiger partial charge on any atom is -0.357 e. The van der Waals surface area contributed by atoms with Gasteiger partial charge in [-0.25, -0.2) is 4.39 Å². The molecule has 0 aromatic heterocycles. The van der Waals surface area contributed by atoms with Gasteiger partial charge in [-0.1, -0.05) is 12.1 Å². The van der Waals surface area contributed by atoms with E-state index in [9.17, 15) is 4.39 Å². The quantitative estimate of drug-likeness (QED) is 0.267. The molecular weight excluding hydrogens is 412 g/mol. The molecule has 0 aliphatic carbocycles. The maximum absolute atomic E-state index is 12.8. The van der Waals surface area contributed by atoms with Gasteiger partial charge in [-0.05, 0) is 55.9 Å². The number of hydrogen-bond donors (Lipinski definition) is 2. The predicted octanol–water partition coefficient (Wildman–Crippen LogP) is 3.68. The molecule has 0 atom stereocenters. The van der Waals surface area contributed by atoms with Gasteiger partial charge < -0.3 is 10.6 Å².